The number of carbonyl (C=O) groups is 2. The molecule has 0 saturated heterocycles. The summed E-state index contributed by atoms with van der Waals surface area (Å²) >= 11 is 6.18. The van der Waals surface area contributed by atoms with E-state index >= 15 is 0 Å². The molecule has 0 unspecified atom stereocenters. The van der Waals surface area contributed by atoms with Gasteiger partial charge in [0, 0.05) is 12.1 Å². The van der Waals surface area contributed by atoms with E-state index in [1.807, 2.05) is 19.1 Å². The average Bonchev–Trinajstić information content (AvgIpc) is 2.90. The van der Waals surface area contributed by atoms with E-state index in [-0.39, 0.29) is 34.6 Å². The first kappa shape index (κ1) is 21.6. The van der Waals surface area contributed by atoms with Crippen LogP contribution in [-0.4, -0.2) is 41.6 Å². The summed E-state index contributed by atoms with van der Waals surface area (Å²) in [5.41, 5.74) is 2.24. The quantitative estimate of drug-likeness (QED) is 0.514. The summed E-state index contributed by atoms with van der Waals surface area (Å²) in [5.74, 6) is 0.710. The second-order valence-electron chi connectivity index (χ2n) is 8.28. The number of esters is 1. The number of carbonyl (C=O) groups excluding carboxylic acids is 2. The second-order valence-corrected chi connectivity index (χ2v) is 8.64. The van der Waals surface area contributed by atoms with E-state index in [2.05, 4.69) is 22.1 Å². The van der Waals surface area contributed by atoms with E-state index in [0.29, 0.717) is 24.8 Å². The molecule has 7 nitrogen and oxygen atoms in total. The first-order valence-electron chi connectivity index (χ1n) is 10.6. The van der Waals surface area contributed by atoms with Crippen molar-refractivity contribution in [3.63, 3.8) is 0 Å². The second kappa shape index (κ2) is 9.22. The van der Waals surface area contributed by atoms with Crippen molar-refractivity contribution in [3.05, 3.63) is 46.9 Å². The van der Waals surface area contributed by atoms with Crippen LogP contribution in [0.15, 0.2) is 30.6 Å². The van der Waals surface area contributed by atoms with Crippen molar-refractivity contribution in [1.82, 2.24) is 9.97 Å². The summed E-state index contributed by atoms with van der Waals surface area (Å²) < 4.78 is 10.6. The van der Waals surface area contributed by atoms with Gasteiger partial charge in [-0.3, -0.25) is 9.59 Å². The van der Waals surface area contributed by atoms with E-state index in [4.69, 9.17) is 21.1 Å². The number of hydrogen-bond donors (Lipinski definition) is 0. The Morgan fingerprint density at radius 1 is 1.19 bits per heavy atom. The van der Waals surface area contributed by atoms with Crippen LogP contribution in [0, 0.1) is 5.92 Å². The average molecular weight is 444 g/mol. The van der Waals surface area contributed by atoms with Crippen molar-refractivity contribution in [2.45, 2.75) is 51.0 Å². The van der Waals surface area contributed by atoms with Gasteiger partial charge in [-0.1, -0.05) is 23.7 Å². The Hall–Kier alpha value is -2.67. The normalized spacial score (nSPS) is 23.5. The van der Waals surface area contributed by atoms with Gasteiger partial charge in [0.1, 0.15) is 23.1 Å². The Bertz CT molecular complexity index is 958. The lowest BCUT2D eigenvalue weighted by Gasteiger charge is -2.29. The summed E-state index contributed by atoms with van der Waals surface area (Å²) in [6.45, 7) is 2.29. The van der Waals surface area contributed by atoms with Gasteiger partial charge >= 0.3 is 5.97 Å². The highest BCUT2D eigenvalue weighted by molar-refractivity contribution is 6.33. The number of anilines is 1. The Balaban J connectivity index is 1.48. The number of amides is 1. The molecule has 0 bridgehead atoms. The van der Waals surface area contributed by atoms with Crippen LogP contribution in [0.2, 0.25) is 5.15 Å². The van der Waals surface area contributed by atoms with Crippen molar-refractivity contribution in [1.29, 1.82) is 0 Å². The predicted molar refractivity (Wildman–Crippen MR) is 117 cm³/mol. The summed E-state index contributed by atoms with van der Waals surface area (Å²) in [5, 5.41) is 0.0921. The molecular weight excluding hydrogens is 418 g/mol. The molecule has 1 aromatic heterocycles. The molecule has 164 valence electrons. The van der Waals surface area contributed by atoms with E-state index in [0.717, 1.165) is 31.4 Å². The van der Waals surface area contributed by atoms with Crippen LogP contribution in [0.4, 0.5) is 5.69 Å². The lowest BCUT2D eigenvalue weighted by Crippen LogP contribution is -2.36. The van der Waals surface area contributed by atoms with Crippen LogP contribution in [0.1, 0.15) is 60.9 Å². The number of rotatable bonds is 4. The molecule has 4 rings (SSSR count). The van der Waals surface area contributed by atoms with Crippen molar-refractivity contribution in [2.24, 2.45) is 5.92 Å². The van der Waals surface area contributed by atoms with Crippen LogP contribution in [0.3, 0.4) is 0 Å². The highest BCUT2D eigenvalue weighted by atomic mass is 35.5. The first-order valence-corrected chi connectivity index (χ1v) is 11.0. The van der Waals surface area contributed by atoms with Gasteiger partial charge in [-0.2, -0.15) is 0 Å². The standard InChI is InChI=1S/C23H26ClN3O4/c1-14-12-27(23(29)20-21(24)25-13-26-22(20)31-14)18-9-7-17(8-10-18)16-5-3-15(4-6-16)11-19(28)30-2/h7-10,13-16H,3-6,11-12H2,1-2H3/t14-,15-,16-/m1/s1. The first-order chi connectivity index (χ1) is 15.0. The van der Waals surface area contributed by atoms with Crippen LogP contribution in [-0.2, 0) is 9.53 Å². The van der Waals surface area contributed by atoms with Gasteiger partial charge in [-0.15, -0.1) is 0 Å². The maximum absolute atomic E-state index is 13.2. The third-order valence-electron chi connectivity index (χ3n) is 6.18. The smallest absolute Gasteiger partial charge is 0.305 e. The Morgan fingerprint density at radius 3 is 2.58 bits per heavy atom. The third kappa shape index (κ3) is 4.66. The number of hydrogen-bond acceptors (Lipinski definition) is 6. The number of halogens is 1. The zero-order valence-electron chi connectivity index (χ0n) is 17.7. The topological polar surface area (TPSA) is 81.6 Å². The molecule has 0 N–H and O–H groups in total. The van der Waals surface area contributed by atoms with E-state index < -0.39 is 0 Å². The lowest BCUT2D eigenvalue weighted by atomic mass is 9.77. The highest BCUT2D eigenvalue weighted by Gasteiger charge is 2.32. The summed E-state index contributed by atoms with van der Waals surface area (Å²) in [6, 6.07) is 8.13. The molecule has 1 aromatic carbocycles. The molecule has 1 atom stereocenters. The van der Waals surface area contributed by atoms with Gasteiger partial charge < -0.3 is 14.4 Å². The fraction of sp³-hybridized carbons (Fsp3) is 0.478. The van der Waals surface area contributed by atoms with Crippen molar-refractivity contribution >= 4 is 29.2 Å². The fourth-order valence-corrected chi connectivity index (χ4v) is 4.69. The van der Waals surface area contributed by atoms with Crippen LogP contribution < -0.4 is 9.64 Å². The number of nitrogens with zero attached hydrogens (tertiary/aromatic N) is 3. The zero-order chi connectivity index (χ0) is 22.0. The van der Waals surface area contributed by atoms with E-state index in [1.165, 1.54) is 19.0 Å². The molecular formula is C23H26ClN3O4. The Labute approximate surface area is 186 Å². The Kier molecular flexibility index (Phi) is 6.41. The summed E-state index contributed by atoms with van der Waals surface area (Å²) in [7, 11) is 1.44. The van der Waals surface area contributed by atoms with Gasteiger partial charge in [0.2, 0.25) is 5.88 Å². The van der Waals surface area contributed by atoms with E-state index in [1.54, 1.807) is 4.90 Å². The van der Waals surface area contributed by atoms with Gasteiger partial charge in [0.25, 0.3) is 5.91 Å². The maximum Gasteiger partial charge on any atom is 0.305 e. The molecule has 1 fully saturated rings. The van der Waals surface area contributed by atoms with Crippen molar-refractivity contribution < 1.29 is 19.1 Å². The van der Waals surface area contributed by atoms with Crippen LogP contribution in [0.5, 0.6) is 5.88 Å². The molecule has 1 amide bonds. The van der Waals surface area contributed by atoms with Gasteiger partial charge in [0.05, 0.1) is 13.7 Å². The molecule has 1 aliphatic heterocycles. The number of ether oxygens (including phenoxy) is 2. The lowest BCUT2D eigenvalue weighted by molar-refractivity contribution is -0.142. The SMILES string of the molecule is COC(=O)C[C@H]1CC[C@H](c2ccc(N3C[C@@H](C)Oc4ncnc(Cl)c4C3=O)cc2)CC1. The maximum atomic E-state index is 13.2. The minimum absolute atomic E-state index is 0.0921. The minimum Gasteiger partial charge on any atom is -0.472 e. The molecule has 0 radical (unpaired) electrons. The molecule has 8 heteroatoms. The molecule has 1 saturated carbocycles. The molecule has 2 aromatic rings. The van der Waals surface area contributed by atoms with E-state index in [9.17, 15) is 9.59 Å². The fourth-order valence-electron chi connectivity index (χ4n) is 4.49. The number of aromatic nitrogens is 2. The monoisotopic (exact) mass is 443 g/mol. The van der Waals surface area contributed by atoms with Gasteiger partial charge in [-0.05, 0) is 62.1 Å². The zero-order valence-corrected chi connectivity index (χ0v) is 18.5. The number of fused-ring (bicyclic) bond motifs is 1. The number of methoxy groups -OCH3 is 1. The van der Waals surface area contributed by atoms with Crippen molar-refractivity contribution in [2.75, 3.05) is 18.6 Å². The molecule has 2 heterocycles. The van der Waals surface area contributed by atoms with Crippen LogP contribution >= 0.6 is 11.6 Å². The van der Waals surface area contributed by atoms with Crippen molar-refractivity contribution in [3.8, 4) is 5.88 Å². The largest absolute Gasteiger partial charge is 0.472 e. The summed E-state index contributed by atoms with van der Waals surface area (Å²) in [6.07, 6.45) is 5.72. The highest BCUT2D eigenvalue weighted by Crippen LogP contribution is 2.38. The molecule has 31 heavy (non-hydrogen) atoms. The van der Waals surface area contributed by atoms with Crippen LogP contribution in [0.25, 0.3) is 0 Å². The van der Waals surface area contributed by atoms with Gasteiger partial charge in [0.15, 0.2) is 0 Å². The number of benzene rings is 1. The summed E-state index contributed by atoms with van der Waals surface area (Å²) in [4.78, 5) is 34.4. The molecule has 1 aliphatic carbocycles. The Morgan fingerprint density at radius 2 is 1.90 bits per heavy atom. The third-order valence-corrected chi connectivity index (χ3v) is 6.47. The predicted octanol–water partition coefficient (Wildman–Crippen LogP) is 4.39. The minimum atomic E-state index is -0.263. The van der Waals surface area contributed by atoms with Gasteiger partial charge in [-0.25, -0.2) is 9.97 Å². The molecule has 2 aliphatic rings. The molecule has 0 spiro atoms.